The second-order valence-electron chi connectivity index (χ2n) is 8.71. The highest BCUT2D eigenvalue weighted by molar-refractivity contribution is 7.95. The monoisotopic (exact) mass is 579 g/mol. The lowest BCUT2D eigenvalue weighted by Gasteiger charge is -2.17. The summed E-state index contributed by atoms with van der Waals surface area (Å²) in [6.07, 6.45) is -0.465. The fraction of sp³-hybridized carbons (Fsp3) is 0.160. The van der Waals surface area contributed by atoms with Gasteiger partial charge in [0.2, 0.25) is 0 Å². The summed E-state index contributed by atoms with van der Waals surface area (Å²) in [4.78, 5) is 17.8. The van der Waals surface area contributed by atoms with E-state index in [1.165, 1.54) is 48.6 Å². The average Bonchev–Trinajstić information content (AvgIpc) is 3.22. The number of alkyl halides is 3. The summed E-state index contributed by atoms with van der Waals surface area (Å²) in [7, 11) is -3.64. The first-order valence-electron chi connectivity index (χ1n) is 11.4. The Kier molecular flexibility index (Phi) is 6.59. The standard InChI is InChI=1S/C25H18ClF4N5O3S/c26-15-2-4-16(5-3-15)35-22-14(11-19(27)21(34-22)33-12-25(28,29)30)10-17(24(35)36)13-1-6-20(31)18(9-13)23-32-7-8-39(23,37)38/h1-6,9-11,31-32H,7-8,12H2,(H,33,34)/b23-18+,31-20?. The summed E-state index contributed by atoms with van der Waals surface area (Å²) in [5, 5.41) is 13.2. The van der Waals surface area contributed by atoms with Crippen LogP contribution in [0.15, 0.2) is 70.0 Å². The molecule has 0 spiro atoms. The molecule has 5 rings (SSSR count). The van der Waals surface area contributed by atoms with Crippen molar-refractivity contribution in [3.8, 4) is 5.69 Å². The Labute approximate surface area is 223 Å². The van der Waals surface area contributed by atoms with Crippen molar-refractivity contribution in [3.63, 3.8) is 0 Å². The summed E-state index contributed by atoms with van der Waals surface area (Å²) in [6.45, 7) is -1.36. The minimum Gasteiger partial charge on any atom is -0.374 e. The van der Waals surface area contributed by atoms with E-state index in [2.05, 4.69) is 10.3 Å². The number of rotatable bonds is 4. The molecule has 0 amide bonds. The fourth-order valence-electron chi connectivity index (χ4n) is 4.23. The molecule has 39 heavy (non-hydrogen) atoms. The Hall–Kier alpha value is -3.97. The number of aromatic nitrogens is 2. The van der Waals surface area contributed by atoms with Crippen LogP contribution in [0.2, 0.25) is 5.02 Å². The molecule has 0 bridgehead atoms. The van der Waals surface area contributed by atoms with Crippen LogP contribution in [0.25, 0.3) is 22.3 Å². The highest BCUT2D eigenvalue weighted by Gasteiger charge is 2.30. The largest absolute Gasteiger partial charge is 0.405 e. The van der Waals surface area contributed by atoms with Crippen LogP contribution < -0.4 is 16.2 Å². The lowest BCUT2D eigenvalue weighted by atomic mass is 9.95. The molecule has 3 aromatic rings. The normalized spacial score (nSPS) is 18.8. The van der Waals surface area contributed by atoms with Crippen molar-refractivity contribution in [2.75, 3.05) is 24.2 Å². The number of benzene rings is 1. The van der Waals surface area contributed by atoms with Crippen molar-refractivity contribution in [3.05, 3.63) is 92.0 Å². The maximum absolute atomic E-state index is 14.8. The Bertz CT molecular complexity index is 1790. The van der Waals surface area contributed by atoms with Gasteiger partial charge < -0.3 is 16.0 Å². The number of hydrogen-bond acceptors (Lipinski definition) is 7. The Morgan fingerprint density at radius 3 is 2.51 bits per heavy atom. The van der Waals surface area contributed by atoms with Gasteiger partial charge in [-0.3, -0.25) is 9.36 Å². The van der Waals surface area contributed by atoms with E-state index in [1.807, 2.05) is 5.32 Å². The molecular formula is C25H18ClF4N5O3S. The van der Waals surface area contributed by atoms with Crippen LogP contribution in [0.5, 0.6) is 0 Å². The van der Waals surface area contributed by atoms with Crippen molar-refractivity contribution < 1.29 is 26.0 Å². The summed E-state index contributed by atoms with van der Waals surface area (Å²) in [5.41, 5.74) is -0.287. The van der Waals surface area contributed by atoms with Gasteiger partial charge in [-0.2, -0.15) is 13.2 Å². The Balaban J connectivity index is 1.76. The van der Waals surface area contributed by atoms with Gasteiger partial charge in [0.25, 0.3) is 5.56 Å². The average molecular weight is 580 g/mol. The summed E-state index contributed by atoms with van der Waals surface area (Å²) in [5.74, 6) is -1.90. The minimum absolute atomic E-state index is 0.0203. The quantitative estimate of drug-likeness (QED) is 0.396. The molecule has 202 valence electrons. The molecule has 8 nitrogen and oxygen atoms in total. The lowest BCUT2D eigenvalue weighted by Crippen LogP contribution is -2.25. The molecule has 0 radical (unpaired) electrons. The molecule has 0 saturated carbocycles. The molecule has 0 unspecified atom stereocenters. The first-order chi connectivity index (χ1) is 18.3. The molecule has 2 aliphatic rings. The van der Waals surface area contributed by atoms with Gasteiger partial charge in [0.05, 0.1) is 17.2 Å². The third kappa shape index (κ3) is 5.19. The molecule has 0 atom stereocenters. The molecule has 1 aliphatic carbocycles. The van der Waals surface area contributed by atoms with Crippen LogP contribution in [0.1, 0.15) is 5.56 Å². The lowest BCUT2D eigenvalue weighted by molar-refractivity contribution is -0.115. The van der Waals surface area contributed by atoms with Gasteiger partial charge in [-0.25, -0.2) is 17.8 Å². The second kappa shape index (κ2) is 9.65. The first kappa shape index (κ1) is 26.6. The van der Waals surface area contributed by atoms with Gasteiger partial charge in [-0.15, -0.1) is 0 Å². The number of fused-ring (bicyclic) bond motifs is 1. The highest BCUT2D eigenvalue weighted by Crippen LogP contribution is 2.29. The van der Waals surface area contributed by atoms with Crippen molar-refractivity contribution in [1.82, 2.24) is 14.9 Å². The van der Waals surface area contributed by atoms with Crippen LogP contribution in [-0.4, -0.2) is 48.7 Å². The zero-order valence-corrected chi connectivity index (χ0v) is 21.3. The molecular weight excluding hydrogens is 562 g/mol. The van der Waals surface area contributed by atoms with Crippen molar-refractivity contribution >= 4 is 49.6 Å². The van der Waals surface area contributed by atoms with E-state index in [0.717, 1.165) is 10.6 Å². The highest BCUT2D eigenvalue weighted by atomic mass is 35.5. The van der Waals surface area contributed by atoms with Gasteiger partial charge in [-0.05, 0) is 54.1 Å². The third-order valence-corrected chi connectivity index (χ3v) is 7.99. The van der Waals surface area contributed by atoms with Gasteiger partial charge in [0.1, 0.15) is 17.2 Å². The smallest absolute Gasteiger partial charge is 0.374 e. The first-order valence-corrected chi connectivity index (χ1v) is 13.4. The number of hydrogen-bond donors (Lipinski definition) is 3. The maximum Gasteiger partial charge on any atom is 0.405 e. The number of pyridine rings is 2. The van der Waals surface area contributed by atoms with E-state index in [9.17, 15) is 30.8 Å². The van der Waals surface area contributed by atoms with E-state index in [4.69, 9.17) is 17.0 Å². The molecule has 1 aliphatic heterocycles. The number of anilines is 1. The van der Waals surface area contributed by atoms with Gasteiger partial charge in [-0.1, -0.05) is 17.7 Å². The predicted octanol–water partition coefficient (Wildman–Crippen LogP) is 4.35. The number of nitrogens with one attached hydrogen (secondary N) is 3. The molecule has 2 aromatic heterocycles. The number of halogens is 5. The van der Waals surface area contributed by atoms with Gasteiger partial charge in [0, 0.05) is 28.1 Å². The van der Waals surface area contributed by atoms with E-state index in [1.54, 1.807) is 0 Å². The molecule has 3 N–H and O–H groups in total. The summed E-state index contributed by atoms with van der Waals surface area (Å²) >= 11 is 5.99. The molecule has 14 heteroatoms. The topological polar surface area (TPSA) is 117 Å². The van der Waals surface area contributed by atoms with Crippen LogP contribution in [0.4, 0.5) is 23.4 Å². The van der Waals surface area contributed by atoms with Crippen molar-refractivity contribution in [2.24, 2.45) is 0 Å². The van der Waals surface area contributed by atoms with E-state index >= 15 is 0 Å². The fourth-order valence-corrected chi connectivity index (χ4v) is 5.76. The number of sulfone groups is 1. The van der Waals surface area contributed by atoms with E-state index in [0.29, 0.717) is 5.02 Å². The second-order valence-corrected chi connectivity index (χ2v) is 11.2. The zero-order chi connectivity index (χ0) is 28.1. The molecule has 1 fully saturated rings. The molecule has 1 aromatic carbocycles. The van der Waals surface area contributed by atoms with Crippen LogP contribution in [-0.2, 0) is 9.84 Å². The Morgan fingerprint density at radius 1 is 1.15 bits per heavy atom. The molecule has 3 heterocycles. The summed E-state index contributed by atoms with van der Waals surface area (Å²) in [6, 6.07) is 8.24. The predicted molar refractivity (Wildman–Crippen MR) is 141 cm³/mol. The van der Waals surface area contributed by atoms with Gasteiger partial charge in [0.15, 0.2) is 21.5 Å². The SMILES string of the molecule is N=C1C=CC(c2cc3cc(F)c(NCC(F)(F)F)nc3n(-c3ccc(Cl)cc3)c2=O)=C/C1=C1/NCCS1(=O)=O. The van der Waals surface area contributed by atoms with Crippen LogP contribution in [0, 0.1) is 11.2 Å². The van der Waals surface area contributed by atoms with Gasteiger partial charge >= 0.3 is 6.18 Å². The van der Waals surface area contributed by atoms with E-state index < -0.39 is 39.8 Å². The number of nitrogens with zero attached hydrogens (tertiary/aromatic N) is 2. The third-order valence-electron chi connectivity index (χ3n) is 6.01. The number of allylic oxidation sites excluding steroid dienone is 5. The van der Waals surface area contributed by atoms with Crippen molar-refractivity contribution in [2.45, 2.75) is 6.18 Å². The van der Waals surface area contributed by atoms with Crippen LogP contribution >= 0.6 is 11.6 Å². The van der Waals surface area contributed by atoms with E-state index in [-0.39, 0.29) is 56.5 Å². The Morgan fingerprint density at radius 2 is 1.87 bits per heavy atom. The molecule has 1 saturated heterocycles. The van der Waals surface area contributed by atoms with Crippen LogP contribution in [0.3, 0.4) is 0 Å². The zero-order valence-electron chi connectivity index (χ0n) is 19.7. The maximum atomic E-state index is 14.8. The summed E-state index contributed by atoms with van der Waals surface area (Å²) < 4.78 is 79.1. The minimum atomic E-state index is -4.63. The van der Waals surface area contributed by atoms with Crippen molar-refractivity contribution in [1.29, 1.82) is 5.41 Å².